The van der Waals surface area contributed by atoms with Crippen molar-refractivity contribution in [2.45, 2.75) is 31.8 Å². The molecule has 1 heterocycles. The molecule has 2 atom stereocenters. The average molecular weight is 251 g/mol. The minimum Gasteiger partial charge on any atom is -0.477 e. The molecule has 1 aromatic carbocycles. The molecule has 0 saturated carbocycles. The van der Waals surface area contributed by atoms with Crippen LogP contribution in [0.5, 0.6) is 0 Å². The van der Waals surface area contributed by atoms with Crippen molar-refractivity contribution in [1.29, 1.82) is 0 Å². The number of ether oxygens (including phenoxy) is 1. The van der Waals surface area contributed by atoms with Crippen LogP contribution in [-0.4, -0.2) is 28.5 Å². The summed E-state index contributed by atoms with van der Waals surface area (Å²) in [6, 6.07) is 7.67. The van der Waals surface area contributed by atoms with E-state index < -0.39 is 18.0 Å². The molecule has 1 aromatic rings. The first-order chi connectivity index (χ1) is 8.57. The first-order valence-electron chi connectivity index (χ1n) is 6.01. The van der Waals surface area contributed by atoms with Crippen molar-refractivity contribution in [3.8, 4) is 0 Å². The van der Waals surface area contributed by atoms with Gasteiger partial charge in [-0.2, -0.15) is 0 Å². The Morgan fingerprint density at radius 3 is 2.94 bits per heavy atom. The van der Waals surface area contributed by atoms with Gasteiger partial charge in [-0.05, 0) is 17.5 Å². The third-order valence-corrected chi connectivity index (χ3v) is 3.19. The molecule has 0 spiro atoms. The van der Waals surface area contributed by atoms with Crippen LogP contribution in [0.1, 0.15) is 30.7 Å². The Morgan fingerprint density at radius 1 is 1.56 bits per heavy atom. The second-order valence-electron chi connectivity index (χ2n) is 4.34. The SMILES string of the molecule is CC[C@@](O)(O[C@@H]1NCCc2ccccc21)C(=O)O. The summed E-state index contributed by atoms with van der Waals surface area (Å²) in [5.41, 5.74) is 2.00. The number of benzene rings is 1. The molecule has 18 heavy (non-hydrogen) atoms. The van der Waals surface area contributed by atoms with Gasteiger partial charge in [-0.25, -0.2) is 4.79 Å². The van der Waals surface area contributed by atoms with Crippen molar-refractivity contribution in [3.05, 3.63) is 35.4 Å². The summed E-state index contributed by atoms with van der Waals surface area (Å²) in [5, 5.41) is 22.0. The summed E-state index contributed by atoms with van der Waals surface area (Å²) in [6.45, 7) is 2.27. The summed E-state index contributed by atoms with van der Waals surface area (Å²) in [4.78, 5) is 11.0. The molecule has 5 nitrogen and oxygen atoms in total. The van der Waals surface area contributed by atoms with Crippen LogP contribution in [0, 0.1) is 0 Å². The molecule has 0 bridgehead atoms. The number of hydrogen-bond donors (Lipinski definition) is 3. The fraction of sp³-hybridized carbons (Fsp3) is 0.462. The number of aliphatic carboxylic acids is 1. The van der Waals surface area contributed by atoms with Gasteiger partial charge in [0.15, 0.2) is 0 Å². The Kier molecular flexibility index (Phi) is 3.65. The second kappa shape index (κ2) is 5.06. The molecule has 0 unspecified atom stereocenters. The van der Waals surface area contributed by atoms with E-state index in [1.807, 2.05) is 24.3 Å². The maximum Gasteiger partial charge on any atom is 0.364 e. The molecule has 0 amide bonds. The fourth-order valence-corrected chi connectivity index (χ4v) is 2.05. The number of rotatable bonds is 4. The van der Waals surface area contributed by atoms with Crippen LogP contribution in [0.2, 0.25) is 0 Å². The average Bonchev–Trinajstić information content (AvgIpc) is 2.39. The zero-order valence-electron chi connectivity index (χ0n) is 10.2. The van der Waals surface area contributed by atoms with E-state index in [0.29, 0.717) is 6.54 Å². The number of carboxylic acid groups (broad SMARTS) is 1. The van der Waals surface area contributed by atoms with Gasteiger partial charge >= 0.3 is 5.97 Å². The van der Waals surface area contributed by atoms with Gasteiger partial charge in [-0.15, -0.1) is 0 Å². The summed E-state index contributed by atoms with van der Waals surface area (Å²) in [6.07, 6.45) is 0.270. The van der Waals surface area contributed by atoms with E-state index in [9.17, 15) is 9.90 Å². The van der Waals surface area contributed by atoms with E-state index in [4.69, 9.17) is 9.84 Å². The van der Waals surface area contributed by atoms with Gasteiger partial charge < -0.3 is 14.9 Å². The quantitative estimate of drug-likeness (QED) is 0.697. The number of fused-ring (bicyclic) bond motifs is 1. The third-order valence-electron chi connectivity index (χ3n) is 3.19. The Morgan fingerprint density at radius 2 is 2.28 bits per heavy atom. The van der Waals surface area contributed by atoms with Crippen LogP contribution >= 0.6 is 0 Å². The Hall–Kier alpha value is -1.43. The molecule has 1 aliphatic heterocycles. The molecular weight excluding hydrogens is 234 g/mol. The normalized spacial score (nSPS) is 22.0. The lowest BCUT2D eigenvalue weighted by Crippen LogP contribution is -2.46. The topological polar surface area (TPSA) is 78.8 Å². The van der Waals surface area contributed by atoms with Crippen molar-refractivity contribution in [2.75, 3.05) is 6.54 Å². The van der Waals surface area contributed by atoms with Gasteiger partial charge in [0.25, 0.3) is 5.79 Å². The maximum absolute atomic E-state index is 11.0. The summed E-state index contributed by atoms with van der Waals surface area (Å²) in [7, 11) is 0. The standard InChI is InChI=1S/C13H17NO4/c1-2-13(17,12(15)16)18-11-10-6-4-3-5-9(10)7-8-14-11/h3-6,11,14,17H,2,7-8H2,1H3,(H,15,16)/t11-,13+/m0/s1. The first-order valence-corrected chi connectivity index (χ1v) is 6.01. The Bertz CT molecular complexity index is 448. The van der Waals surface area contributed by atoms with Crippen LogP contribution < -0.4 is 5.32 Å². The highest BCUT2D eigenvalue weighted by Gasteiger charge is 2.39. The highest BCUT2D eigenvalue weighted by Crippen LogP contribution is 2.28. The third kappa shape index (κ3) is 2.38. The number of carboxylic acids is 1. The molecular formula is C13H17NO4. The van der Waals surface area contributed by atoms with Crippen molar-refractivity contribution in [2.24, 2.45) is 0 Å². The summed E-state index contributed by atoms with van der Waals surface area (Å²) in [5.74, 6) is -3.52. The molecule has 5 heteroatoms. The van der Waals surface area contributed by atoms with E-state index in [1.165, 1.54) is 0 Å². The largest absolute Gasteiger partial charge is 0.477 e. The van der Waals surface area contributed by atoms with Crippen LogP contribution in [0.25, 0.3) is 0 Å². The van der Waals surface area contributed by atoms with Crippen LogP contribution in [-0.2, 0) is 16.0 Å². The summed E-state index contributed by atoms with van der Waals surface area (Å²) >= 11 is 0. The first kappa shape index (κ1) is 13.0. The number of carbonyl (C=O) groups is 1. The van der Waals surface area contributed by atoms with Crippen LogP contribution in [0.15, 0.2) is 24.3 Å². The maximum atomic E-state index is 11.0. The highest BCUT2D eigenvalue weighted by molar-refractivity contribution is 5.75. The monoisotopic (exact) mass is 251 g/mol. The molecule has 0 aliphatic carbocycles. The molecule has 1 aliphatic rings. The van der Waals surface area contributed by atoms with Crippen molar-refractivity contribution in [3.63, 3.8) is 0 Å². The van der Waals surface area contributed by atoms with Crippen molar-refractivity contribution < 1.29 is 19.7 Å². The summed E-state index contributed by atoms with van der Waals surface area (Å²) < 4.78 is 5.36. The zero-order valence-corrected chi connectivity index (χ0v) is 10.2. The lowest BCUT2D eigenvalue weighted by Gasteiger charge is -2.32. The van der Waals surface area contributed by atoms with E-state index in [1.54, 1.807) is 6.92 Å². The molecule has 98 valence electrons. The minimum atomic E-state index is -2.15. The van der Waals surface area contributed by atoms with Crippen LogP contribution in [0.4, 0.5) is 0 Å². The molecule has 0 aromatic heterocycles. The van der Waals surface area contributed by atoms with Gasteiger partial charge in [-0.3, -0.25) is 5.32 Å². The predicted octanol–water partition coefficient (Wildman–Crippen LogP) is 1.03. The van der Waals surface area contributed by atoms with Gasteiger partial charge in [0.2, 0.25) is 0 Å². The highest BCUT2D eigenvalue weighted by atomic mass is 16.7. The number of hydrogen-bond acceptors (Lipinski definition) is 4. The Labute approximate surface area is 105 Å². The molecule has 3 N–H and O–H groups in total. The van der Waals surface area contributed by atoms with E-state index in [2.05, 4.69) is 5.32 Å². The van der Waals surface area contributed by atoms with Crippen molar-refractivity contribution in [1.82, 2.24) is 5.32 Å². The Balaban J connectivity index is 2.23. The second-order valence-corrected chi connectivity index (χ2v) is 4.34. The molecule has 0 fully saturated rings. The predicted molar refractivity (Wildman–Crippen MR) is 64.9 cm³/mol. The number of nitrogens with one attached hydrogen (secondary N) is 1. The van der Waals surface area contributed by atoms with Gasteiger partial charge in [0.1, 0.15) is 6.23 Å². The van der Waals surface area contributed by atoms with Gasteiger partial charge in [0.05, 0.1) is 0 Å². The lowest BCUT2D eigenvalue weighted by atomic mass is 9.99. The van der Waals surface area contributed by atoms with Gasteiger partial charge in [0, 0.05) is 13.0 Å². The molecule has 2 rings (SSSR count). The van der Waals surface area contributed by atoms with Crippen molar-refractivity contribution >= 4 is 5.97 Å². The van der Waals surface area contributed by atoms with E-state index in [0.717, 1.165) is 17.5 Å². The fourth-order valence-electron chi connectivity index (χ4n) is 2.05. The van der Waals surface area contributed by atoms with E-state index >= 15 is 0 Å². The smallest absolute Gasteiger partial charge is 0.364 e. The van der Waals surface area contributed by atoms with E-state index in [-0.39, 0.29) is 6.42 Å². The molecule has 0 saturated heterocycles. The lowest BCUT2D eigenvalue weighted by molar-refractivity contribution is -0.247. The van der Waals surface area contributed by atoms with Crippen LogP contribution in [0.3, 0.4) is 0 Å². The minimum absolute atomic E-state index is 0.0112. The molecule has 0 radical (unpaired) electrons. The number of aliphatic hydroxyl groups is 1. The zero-order chi connectivity index (χ0) is 13.2. The van der Waals surface area contributed by atoms with Gasteiger partial charge in [-0.1, -0.05) is 31.2 Å².